The first-order chi connectivity index (χ1) is 9.16. The standard InChI is InChI=1S/C15H19ClN2O/c1-11(2)10-19-6-5-17-8-12-9-18-15-7-13(16)3-4-14(12)15/h3-4,7,9,17-18H,1,5-6,8,10H2,2H3. The van der Waals surface area contributed by atoms with E-state index >= 15 is 0 Å². The third kappa shape index (κ3) is 4.10. The quantitative estimate of drug-likeness (QED) is 0.601. The lowest BCUT2D eigenvalue weighted by atomic mass is 10.2. The summed E-state index contributed by atoms with van der Waals surface area (Å²) in [4.78, 5) is 3.23. The number of nitrogens with one attached hydrogen (secondary N) is 2. The Morgan fingerprint density at radius 2 is 2.32 bits per heavy atom. The monoisotopic (exact) mass is 278 g/mol. The minimum absolute atomic E-state index is 0.632. The van der Waals surface area contributed by atoms with E-state index in [1.807, 2.05) is 31.3 Å². The molecule has 0 aliphatic rings. The molecule has 0 atom stereocenters. The van der Waals surface area contributed by atoms with Crippen molar-refractivity contribution in [3.05, 3.63) is 47.1 Å². The van der Waals surface area contributed by atoms with Gasteiger partial charge in [-0.05, 0) is 24.6 Å². The van der Waals surface area contributed by atoms with Gasteiger partial charge in [0.25, 0.3) is 0 Å². The van der Waals surface area contributed by atoms with Gasteiger partial charge in [0.1, 0.15) is 0 Å². The van der Waals surface area contributed by atoms with Crippen LogP contribution in [-0.4, -0.2) is 24.7 Å². The SMILES string of the molecule is C=C(C)COCCNCc1c[nH]c2cc(Cl)ccc12. The molecule has 2 rings (SSSR count). The second-order valence-corrected chi connectivity index (χ2v) is 5.13. The van der Waals surface area contributed by atoms with Crippen LogP contribution in [0.5, 0.6) is 0 Å². The number of rotatable bonds is 7. The molecular formula is C15H19ClN2O. The van der Waals surface area contributed by atoms with Crippen molar-refractivity contribution in [1.82, 2.24) is 10.3 Å². The molecule has 4 heteroatoms. The van der Waals surface area contributed by atoms with Crippen LogP contribution in [-0.2, 0) is 11.3 Å². The highest BCUT2D eigenvalue weighted by molar-refractivity contribution is 6.31. The van der Waals surface area contributed by atoms with Crippen LogP contribution in [0.4, 0.5) is 0 Å². The van der Waals surface area contributed by atoms with Crippen molar-refractivity contribution in [3.63, 3.8) is 0 Å². The van der Waals surface area contributed by atoms with E-state index in [9.17, 15) is 0 Å². The van der Waals surface area contributed by atoms with E-state index in [-0.39, 0.29) is 0 Å². The molecule has 102 valence electrons. The number of benzene rings is 1. The Morgan fingerprint density at radius 1 is 1.47 bits per heavy atom. The zero-order chi connectivity index (χ0) is 13.7. The van der Waals surface area contributed by atoms with E-state index in [0.717, 1.165) is 29.2 Å². The molecule has 0 bridgehead atoms. The molecule has 2 N–H and O–H groups in total. The van der Waals surface area contributed by atoms with Crippen molar-refractivity contribution in [1.29, 1.82) is 0 Å². The van der Waals surface area contributed by atoms with Gasteiger partial charge in [-0.25, -0.2) is 0 Å². The average Bonchev–Trinajstić information content (AvgIpc) is 2.75. The molecular weight excluding hydrogens is 260 g/mol. The van der Waals surface area contributed by atoms with Crippen LogP contribution in [0.25, 0.3) is 10.9 Å². The molecule has 0 aliphatic carbocycles. The molecule has 3 nitrogen and oxygen atoms in total. The molecule has 0 saturated carbocycles. The predicted molar refractivity (Wildman–Crippen MR) is 80.6 cm³/mol. The minimum atomic E-state index is 0.632. The predicted octanol–water partition coefficient (Wildman–Crippen LogP) is 3.50. The van der Waals surface area contributed by atoms with Crippen LogP contribution in [0.2, 0.25) is 5.02 Å². The molecule has 1 heterocycles. The van der Waals surface area contributed by atoms with Gasteiger partial charge < -0.3 is 15.0 Å². The van der Waals surface area contributed by atoms with E-state index in [1.54, 1.807) is 0 Å². The van der Waals surface area contributed by atoms with Crippen molar-refractivity contribution < 1.29 is 4.74 Å². The Morgan fingerprint density at radius 3 is 3.11 bits per heavy atom. The zero-order valence-electron chi connectivity index (χ0n) is 11.1. The maximum Gasteiger partial charge on any atom is 0.0672 e. The molecule has 1 aromatic carbocycles. The van der Waals surface area contributed by atoms with Crippen molar-refractivity contribution in [2.45, 2.75) is 13.5 Å². The number of H-pyrrole nitrogens is 1. The Labute approximate surface area is 118 Å². The third-order valence-corrected chi connectivity index (χ3v) is 3.05. The summed E-state index contributed by atoms with van der Waals surface area (Å²) in [6.07, 6.45) is 2.02. The normalized spacial score (nSPS) is 11.1. The second kappa shape index (κ2) is 6.75. The minimum Gasteiger partial charge on any atom is -0.376 e. The first-order valence-corrected chi connectivity index (χ1v) is 6.73. The average molecular weight is 279 g/mol. The Balaban J connectivity index is 1.80. The van der Waals surface area contributed by atoms with Crippen LogP contribution in [0.1, 0.15) is 12.5 Å². The van der Waals surface area contributed by atoms with Gasteiger partial charge in [-0.15, -0.1) is 0 Å². The van der Waals surface area contributed by atoms with E-state index < -0.39 is 0 Å². The van der Waals surface area contributed by atoms with Crippen LogP contribution in [0, 0.1) is 0 Å². The van der Waals surface area contributed by atoms with Crippen molar-refractivity contribution in [2.75, 3.05) is 19.8 Å². The van der Waals surface area contributed by atoms with Gasteiger partial charge in [-0.3, -0.25) is 0 Å². The lowest BCUT2D eigenvalue weighted by Gasteiger charge is -2.05. The van der Waals surface area contributed by atoms with Gasteiger partial charge in [0.2, 0.25) is 0 Å². The summed E-state index contributed by atoms with van der Waals surface area (Å²) in [6.45, 7) is 8.73. The largest absolute Gasteiger partial charge is 0.376 e. The van der Waals surface area contributed by atoms with Crippen LogP contribution < -0.4 is 5.32 Å². The first-order valence-electron chi connectivity index (χ1n) is 6.35. The summed E-state index contributed by atoms with van der Waals surface area (Å²) in [6, 6.07) is 5.90. The Hall–Kier alpha value is -1.29. The molecule has 0 unspecified atom stereocenters. The molecule has 19 heavy (non-hydrogen) atoms. The topological polar surface area (TPSA) is 37.0 Å². The van der Waals surface area contributed by atoms with E-state index in [2.05, 4.69) is 16.9 Å². The maximum absolute atomic E-state index is 5.96. The van der Waals surface area contributed by atoms with E-state index in [0.29, 0.717) is 13.2 Å². The number of aromatic amines is 1. The highest BCUT2D eigenvalue weighted by Crippen LogP contribution is 2.21. The number of hydrogen-bond acceptors (Lipinski definition) is 2. The lowest BCUT2D eigenvalue weighted by molar-refractivity contribution is 0.158. The van der Waals surface area contributed by atoms with Gasteiger partial charge in [0.05, 0.1) is 13.2 Å². The van der Waals surface area contributed by atoms with Crippen LogP contribution >= 0.6 is 11.6 Å². The summed E-state index contributed by atoms with van der Waals surface area (Å²) in [5.41, 5.74) is 3.36. The highest BCUT2D eigenvalue weighted by atomic mass is 35.5. The highest BCUT2D eigenvalue weighted by Gasteiger charge is 2.03. The number of ether oxygens (including phenoxy) is 1. The van der Waals surface area contributed by atoms with E-state index in [4.69, 9.17) is 16.3 Å². The molecule has 0 saturated heterocycles. The number of halogens is 1. The smallest absolute Gasteiger partial charge is 0.0672 e. The van der Waals surface area contributed by atoms with Gasteiger partial charge >= 0.3 is 0 Å². The van der Waals surface area contributed by atoms with Gasteiger partial charge in [-0.1, -0.05) is 29.8 Å². The van der Waals surface area contributed by atoms with Gasteiger partial charge in [0, 0.05) is 35.2 Å². The second-order valence-electron chi connectivity index (χ2n) is 4.69. The molecule has 2 aromatic rings. The van der Waals surface area contributed by atoms with Gasteiger partial charge in [-0.2, -0.15) is 0 Å². The molecule has 0 amide bonds. The fourth-order valence-electron chi connectivity index (χ4n) is 1.92. The number of hydrogen-bond donors (Lipinski definition) is 2. The Kier molecular flexibility index (Phi) is 5.02. The third-order valence-electron chi connectivity index (χ3n) is 2.82. The lowest BCUT2D eigenvalue weighted by Crippen LogP contribution is -2.19. The molecule has 1 aromatic heterocycles. The summed E-state index contributed by atoms with van der Waals surface area (Å²) in [5, 5.41) is 5.32. The maximum atomic E-state index is 5.96. The molecule has 0 radical (unpaired) electrons. The van der Waals surface area contributed by atoms with Crippen LogP contribution in [0.3, 0.4) is 0 Å². The van der Waals surface area contributed by atoms with Gasteiger partial charge in [0.15, 0.2) is 0 Å². The fraction of sp³-hybridized carbons (Fsp3) is 0.333. The van der Waals surface area contributed by atoms with Crippen LogP contribution in [0.15, 0.2) is 36.5 Å². The fourth-order valence-corrected chi connectivity index (χ4v) is 2.09. The zero-order valence-corrected chi connectivity index (χ0v) is 11.9. The van der Waals surface area contributed by atoms with Crippen molar-refractivity contribution >= 4 is 22.5 Å². The summed E-state index contributed by atoms with van der Waals surface area (Å²) in [7, 11) is 0. The molecule has 0 fully saturated rings. The summed E-state index contributed by atoms with van der Waals surface area (Å²) in [5.74, 6) is 0. The number of aromatic nitrogens is 1. The van der Waals surface area contributed by atoms with Crippen molar-refractivity contribution in [2.24, 2.45) is 0 Å². The summed E-state index contributed by atoms with van der Waals surface area (Å²) < 4.78 is 5.43. The van der Waals surface area contributed by atoms with E-state index in [1.165, 1.54) is 10.9 Å². The first kappa shape index (κ1) is 14.1. The molecule has 0 spiro atoms. The summed E-state index contributed by atoms with van der Waals surface area (Å²) >= 11 is 5.96. The molecule has 0 aliphatic heterocycles. The Bertz CT molecular complexity index is 562. The van der Waals surface area contributed by atoms with Crippen molar-refractivity contribution in [3.8, 4) is 0 Å². The number of fused-ring (bicyclic) bond motifs is 1.